The molecule has 2 nitrogen and oxygen atoms in total. The fourth-order valence-corrected chi connectivity index (χ4v) is 3.98. The zero-order valence-electron chi connectivity index (χ0n) is 10.0. The summed E-state index contributed by atoms with van der Waals surface area (Å²) in [6.07, 6.45) is 2.76. The highest BCUT2D eigenvalue weighted by Crippen LogP contribution is 2.40. The molecular formula is C11H24N2S. The van der Waals surface area contributed by atoms with Crippen LogP contribution in [0.2, 0.25) is 0 Å². The van der Waals surface area contributed by atoms with E-state index in [-0.39, 0.29) is 0 Å². The van der Waals surface area contributed by atoms with Crippen molar-refractivity contribution in [2.45, 2.75) is 31.6 Å². The van der Waals surface area contributed by atoms with Crippen molar-refractivity contribution in [2.24, 2.45) is 0 Å². The Morgan fingerprint density at radius 2 is 1.86 bits per heavy atom. The molecule has 2 aliphatic rings. The Balaban J connectivity index is 0.000000461. The maximum absolute atomic E-state index is 2.55. The third-order valence-electron chi connectivity index (χ3n) is 3.12. The first kappa shape index (κ1) is 12.3. The van der Waals surface area contributed by atoms with Crippen molar-refractivity contribution in [1.82, 2.24) is 9.80 Å². The zero-order valence-corrected chi connectivity index (χ0v) is 10.9. The number of hydrogen-bond donors (Lipinski definition) is 0. The van der Waals surface area contributed by atoms with E-state index in [1.165, 1.54) is 38.2 Å². The largest absolute Gasteiger partial charge is 0.304 e. The maximum Gasteiger partial charge on any atom is 0.0797 e. The van der Waals surface area contributed by atoms with Crippen LogP contribution >= 0.6 is 11.8 Å². The molecule has 2 aliphatic heterocycles. The van der Waals surface area contributed by atoms with Crippen LogP contribution in [0.25, 0.3) is 0 Å². The molecule has 2 saturated heterocycles. The molecule has 0 saturated carbocycles. The Labute approximate surface area is 93.0 Å². The third-order valence-corrected chi connectivity index (χ3v) is 4.69. The smallest absolute Gasteiger partial charge is 0.0797 e. The number of likely N-dealkylation sites (tertiary alicyclic amines) is 1. The fraction of sp³-hybridized carbons (Fsp3) is 1.00. The molecule has 2 rings (SSSR count). The number of thioether (sulfide) groups is 1. The van der Waals surface area contributed by atoms with Crippen LogP contribution in [-0.4, -0.2) is 54.2 Å². The molecule has 2 fully saturated rings. The second-order valence-corrected chi connectivity index (χ2v) is 5.51. The summed E-state index contributed by atoms with van der Waals surface area (Å²) in [6.45, 7) is 7.82. The number of rotatable bonds is 0. The predicted molar refractivity (Wildman–Crippen MR) is 65.9 cm³/mol. The van der Waals surface area contributed by atoms with E-state index in [2.05, 4.69) is 35.7 Å². The molecule has 0 radical (unpaired) electrons. The highest BCUT2D eigenvalue weighted by atomic mass is 32.2. The minimum Gasteiger partial charge on any atom is -0.304 e. The second kappa shape index (κ2) is 5.38. The van der Waals surface area contributed by atoms with Crippen LogP contribution in [0.1, 0.15) is 26.7 Å². The molecule has 0 N–H and O–H groups in total. The van der Waals surface area contributed by atoms with Crippen molar-refractivity contribution < 1.29 is 0 Å². The van der Waals surface area contributed by atoms with Crippen LogP contribution in [0.15, 0.2) is 0 Å². The first-order valence-electron chi connectivity index (χ1n) is 5.77. The average Bonchev–Trinajstić information content (AvgIpc) is 2.51. The van der Waals surface area contributed by atoms with Gasteiger partial charge >= 0.3 is 0 Å². The molecule has 0 aromatic heterocycles. The van der Waals surface area contributed by atoms with Gasteiger partial charge in [-0.2, -0.15) is 0 Å². The third kappa shape index (κ3) is 2.44. The highest BCUT2D eigenvalue weighted by Gasteiger charge is 2.41. The SMILES string of the molecule is CC.CN1CCCC2(C1)SCCN2C. The summed E-state index contributed by atoms with van der Waals surface area (Å²) in [4.78, 5) is 5.50. The minimum atomic E-state index is 0.479. The van der Waals surface area contributed by atoms with Crippen molar-refractivity contribution >= 4 is 11.8 Å². The monoisotopic (exact) mass is 216 g/mol. The Hall–Kier alpha value is 0.270. The number of likely N-dealkylation sites (N-methyl/N-ethyl adjacent to an activating group) is 2. The van der Waals surface area contributed by atoms with Gasteiger partial charge in [0, 0.05) is 18.8 Å². The lowest BCUT2D eigenvalue weighted by atomic mass is 10.0. The normalized spacial score (nSPS) is 34.3. The van der Waals surface area contributed by atoms with Gasteiger partial charge in [-0.05, 0) is 33.5 Å². The Bertz CT molecular complexity index is 175. The van der Waals surface area contributed by atoms with Gasteiger partial charge in [-0.3, -0.25) is 4.90 Å². The first-order chi connectivity index (χ1) is 6.73. The van der Waals surface area contributed by atoms with Gasteiger partial charge in [0.1, 0.15) is 0 Å². The molecule has 0 aromatic rings. The molecule has 0 aliphatic carbocycles. The average molecular weight is 216 g/mol. The van der Waals surface area contributed by atoms with Gasteiger partial charge in [-0.25, -0.2) is 0 Å². The Kier molecular flexibility index (Phi) is 4.74. The second-order valence-electron chi connectivity index (χ2n) is 4.06. The Morgan fingerprint density at radius 3 is 2.36 bits per heavy atom. The summed E-state index contributed by atoms with van der Waals surface area (Å²) in [5.41, 5.74) is 0. The van der Waals surface area contributed by atoms with E-state index in [0.717, 1.165) is 0 Å². The minimum absolute atomic E-state index is 0.479. The van der Waals surface area contributed by atoms with Gasteiger partial charge in [0.15, 0.2) is 0 Å². The Morgan fingerprint density at radius 1 is 1.14 bits per heavy atom. The summed E-state index contributed by atoms with van der Waals surface area (Å²) < 4.78 is 0. The summed E-state index contributed by atoms with van der Waals surface area (Å²) >= 11 is 2.16. The molecule has 0 aromatic carbocycles. The summed E-state index contributed by atoms with van der Waals surface area (Å²) in [6, 6.07) is 0. The lowest BCUT2D eigenvalue weighted by molar-refractivity contribution is 0.124. The number of nitrogens with zero attached hydrogens (tertiary/aromatic N) is 2. The van der Waals surface area contributed by atoms with Crippen molar-refractivity contribution in [3.8, 4) is 0 Å². The van der Waals surface area contributed by atoms with E-state index in [9.17, 15) is 0 Å². The predicted octanol–water partition coefficient (Wildman–Crippen LogP) is 2.11. The van der Waals surface area contributed by atoms with Gasteiger partial charge in [-0.15, -0.1) is 11.8 Å². The van der Waals surface area contributed by atoms with Crippen LogP contribution in [-0.2, 0) is 0 Å². The molecule has 1 spiro atoms. The van der Waals surface area contributed by atoms with E-state index in [0.29, 0.717) is 4.87 Å². The number of piperidine rings is 1. The molecule has 0 bridgehead atoms. The fourth-order valence-electron chi connectivity index (χ4n) is 2.32. The van der Waals surface area contributed by atoms with E-state index in [4.69, 9.17) is 0 Å². The van der Waals surface area contributed by atoms with Gasteiger partial charge < -0.3 is 4.90 Å². The quantitative estimate of drug-likeness (QED) is 0.612. The van der Waals surface area contributed by atoms with Crippen molar-refractivity contribution in [3.63, 3.8) is 0 Å². The van der Waals surface area contributed by atoms with E-state index >= 15 is 0 Å². The highest BCUT2D eigenvalue weighted by molar-refractivity contribution is 8.00. The van der Waals surface area contributed by atoms with E-state index < -0.39 is 0 Å². The molecule has 3 heteroatoms. The molecular weight excluding hydrogens is 192 g/mol. The lowest BCUT2D eigenvalue weighted by Gasteiger charge is -2.42. The van der Waals surface area contributed by atoms with E-state index in [1.54, 1.807) is 0 Å². The molecule has 2 heterocycles. The molecule has 1 unspecified atom stereocenters. The summed E-state index contributed by atoms with van der Waals surface area (Å²) in [5.74, 6) is 1.32. The molecule has 0 amide bonds. The zero-order chi connectivity index (χ0) is 10.6. The summed E-state index contributed by atoms with van der Waals surface area (Å²) in [7, 11) is 4.52. The van der Waals surface area contributed by atoms with Crippen molar-refractivity contribution in [3.05, 3.63) is 0 Å². The van der Waals surface area contributed by atoms with Crippen LogP contribution in [0.4, 0.5) is 0 Å². The van der Waals surface area contributed by atoms with E-state index in [1.807, 2.05) is 13.8 Å². The van der Waals surface area contributed by atoms with Gasteiger partial charge in [-0.1, -0.05) is 13.8 Å². The first-order valence-corrected chi connectivity index (χ1v) is 6.75. The van der Waals surface area contributed by atoms with Gasteiger partial charge in [0.25, 0.3) is 0 Å². The maximum atomic E-state index is 2.55. The molecule has 1 atom stereocenters. The van der Waals surface area contributed by atoms with Crippen LogP contribution in [0.5, 0.6) is 0 Å². The van der Waals surface area contributed by atoms with Gasteiger partial charge in [0.05, 0.1) is 4.87 Å². The van der Waals surface area contributed by atoms with Gasteiger partial charge in [0.2, 0.25) is 0 Å². The molecule has 84 valence electrons. The summed E-state index contributed by atoms with van der Waals surface area (Å²) in [5, 5.41) is 0. The van der Waals surface area contributed by atoms with Crippen LogP contribution in [0.3, 0.4) is 0 Å². The van der Waals surface area contributed by atoms with Crippen molar-refractivity contribution in [2.75, 3.05) is 39.5 Å². The van der Waals surface area contributed by atoms with Crippen molar-refractivity contribution in [1.29, 1.82) is 0 Å². The number of hydrogen-bond acceptors (Lipinski definition) is 3. The molecule has 14 heavy (non-hydrogen) atoms. The standard InChI is InChI=1S/C9H18N2S.C2H6/c1-10-5-3-4-9(8-10)11(2)6-7-12-9;1-2/h3-8H2,1-2H3;1-2H3. The topological polar surface area (TPSA) is 6.48 Å². The lowest BCUT2D eigenvalue weighted by Crippen LogP contribution is -2.51. The van der Waals surface area contributed by atoms with Crippen LogP contribution in [0, 0.1) is 0 Å². The van der Waals surface area contributed by atoms with Crippen LogP contribution < -0.4 is 0 Å².